The standard InChI is InChI=1S/C16H18O4/c1-3-18-15-8-11-7-10(2)20-14(11)9-12(15)16(17)13-5-4-6-19-13/h4-6,8-10,16-17H,3,7H2,1-2H3. The fraction of sp³-hybridized carbons (Fsp3) is 0.375. The third-order valence-corrected chi connectivity index (χ3v) is 3.44. The second kappa shape index (κ2) is 5.21. The van der Waals surface area contributed by atoms with Gasteiger partial charge < -0.3 is 19.0 Å². The van der Waals surface area contributed by atoms with Gasteiger partial charge in [-0.1, -0.05) is 0 Å². The van der Waals surface area contributed by atoms with Gasteiger partial charge in [-0.15, -0.1) is 0 Å². The minimum absolute atomic E-state index is 0.162. The Hall–Kier alpha value is -1.94. The lowest BCUT2D eigenvalue weighted by Crippen LogP contribution is -2.05. The molecule has 1 aromatic carbocycles. The average molecular weight is 274 g/mol. The van der Waals surface area contributed by atoms with E-state index in [0.717, 1.165) is 17.7 Å². The zero-order valence-electron chi connectivity index (χ0n) is 11.6. The van der Waals surface area contributed by atoms with E-state index in [-0.39, 0.29) is 6.10 Å². The molecule has 2 atom stereocenters. The van der Waals surface area contributed by atoms with Crippen molar-refractivity contribution in [3.63, 3.8) is 0 Å². The Balaban J connectivity index is 2.02. The van der Waals surface area contributed by atoms with Crippen molar-refractivity contribution in [1.29, 1.82) is 0 Å². The van der Waals surface area contributed by atoms with Gasteiger partial charge in [-0.2, -0.15) is 0 Å². The van der Waals surface area contributed by atoms with Crippen LogP contribution in [-0.2, 0) is 6.42 Å². The van der Waals surface area contributed by atoms with Crippen LogP contribution in [0, 0.1) is 0 Å². The molecule has 2 heterocycles. The molecular weight excluding hydrogens is 256 g/mol. The van der Waals surface area contributed by atoms with Crippen LogP contribution in [0.2, 0.25) is 0 Å². The highest BCUT2D eigenvalue weighted by molar-refractivity contribution is 5.50. The van der Waals surface area contributed by atoms with Crippen LogP contribution < -0.4 is 9.47 Å². The van der Waals surface area contributed by atoms with Gasteiger partial charge in [0.15, 0.2) is 0 Å². The van der Waals surface area contributed by atoms with Crippen LogP contribution in [0.3, 0.4) is 0 Å². The van der Waals surface area contributed by atoms with E-state index in [1.54, 1.807) is 18.4 Å². The van der Waals surface area contributed by atoms with E-state index < -0.39 is 6.10 Å². The summed E-state index contributed by atoms with van der Waals surface area (Å²) in [6, 6.07) is 7.32. The zero-order valence-corrected chi connectivity index (χ0v) is 11.6. The molecule has 1 N–H and O–H groups in total. The van der Waals surface area contributed by atoms with E-state index in [4.69, 9.17) is 13.9 Å². The van der Waals surface area contributed by atoms with E-state index in [2.05, 4.69) is 0 Å². The van der Waals surface area contributed by atoms with E-state index >= 15 is 0 Å². The molecule has 1 aromatic heterocycles. The Morgan fingerprint density at radius 2 is 2.30 bits per heavy atom. The number of aliphatic hydroxyl groups is 1. The summed E-state index contributed by atoms with van der Waals surface area (Å²) >= 11 is 0. The Morgan fingerprint density at radius 3 is 3.00 bits per heavy atom. The molecule has 0 fully saturated rings. The first-order chi connectivity index (χ1) is 9.69. The third kappa shape index (κ3) is 2.27. The van der Waals surface area contributed by atoms with Gasteiger partial charge in [0.1, 0.15) is 29.5 Å². The summed E-state index contributed by atoms with van der Waals surface area (Å²) in [5.41, 5.74) is 1.80. The summed E-state index contributed by atoms with van der Waals surface area (Å²) in [4.78, 5) is 0. The number of fused-ring (bicyclic) bond motifs is 1. The number of furan rings is 1. The maximum Gasteiger partial charge on any atom is 0.140 e. The summed E-state index contributed by atoms with van der Waals surface area (Å²) in [6.45, 7) is 4.51. The summed E-state index contributed by atoms with van der Waals surface area (Å²) in [7, 11) is 0. The van der Waals surface area contributed by atoms with Crippen molar-refractivity contribution in [3.05, 3.63) is 47.4 Å². The maximum atomic E-state index is 10.5. The predicted molar refractivity (Wildman–Crippen MR) is 74.2 cm³/mol. The smallest absolute Gasteiger partial charge is 0.140 e. The van der Waals surface area contributed by atoms with E-state index in [1.165, 1.54) is 0 Å². The van der Waals surface area contributed by atoms with Crippen molar-refractivity contribution in [2.45, 2.75) is 32.5 Å². The van der Waals surface area contributed by atoms with Crippen LogP contribution in [0.15, 0.2) is 34.9 Å². The van der Waals surface area contributed by atoms with Gasteiger partial charge in [-0.3, -0.25) is 0 Å². The van der Waals surface area contributed by atoms with Gasteiger partial charge in [0.2, 0.25) is 0 Å². The van der Waals surface area contributed by atoms with Crippen LogP contribution >= 0.6 is 0 Å². The molecule has 2 unspecified atom stereocenters. The van der Waals surface area contributed by atoms with Gasteiger partial charge >= 0.3 is 0 Å². The van der Waals surface area contributed by atoms with Crippen molar-refractivity contribution in [3.8, 4) is 11.5 Å². The summed E-state index contributed by atoms with van der Waals surface area (Å²) in [5.74, 6) is 2.01. The van der Waals surface area contributed by atoms with Gasteiger partial charge in [0.05, 0.1) is 12.9 Å². The van der Waals surface area contributed by atoms with Crippen LogP contribution in [0.1, 0.15) is 36.8 Å². The molecule has 0 aliphatic carbocycles. The molecule has 0 saturated carbocycles. The number of aliphatic hydroxyl groups excluding tert-OH is 1. The number of benzene rings is 1. The molecule has 106 valence electrons. The minimum Gasteiger partial charge on any atom is -0.493 e. The molecular formula is C16H18O4. The first kappa shape index (κ1) is 13.1. The molecule has 0 radical (unpaired) electrons. The predicted octanol–water partition coefficient (Wildman–Crippen LogP) is 3.08. The lowest BCUT2D eigenvalue weighted by atomic mass is 10.0. The normalized spacial score (nSPS) is 18.4. The molecule has 0 saturated heterocycles. The molecule has 1 aliphatic heterocycles. The minimum atomic E-state index is -0.851. The highest BCUT2D eigenvalue weighted by Gasteiger charge is 2.25. The molecule has 4 heteroatoms. The Bertz CT molecular complexity index is 589. The molecule has 2 aromatic rings. The van der Waals surface area contributed by atoms with Crippen molar-refractivity contribution in [1.82, 2.24) is 0 Å². The monoisotopic (exact) mass is 274 g/mol. The van der Waals surface area contributed by atoms with Gasteiger partial charge in [0.25, 0.3) is 0 Å². The van der Waals surface area contributed by atoms with Crippen molar-refractivity contribution in [2.75, 3.05) is 6.61 Å². The molecule has 0 bridgehead atoms. The summed E-state index contributed by atoms with van der Waals surface area (Å²) < 4.78 is 16.7. The van der Waals surface area contributed by atoms with Gasteiger partial charge in [0, 0.05) is 17.5 Å². The van der Waals surface area contributed by atoms with Crippen LogP contribution in [-0.4, -0.2) is 17.8 Å². The van der Waals surface area contributed by atoms with E-state index in [0.29, 0.717) is 23.7 Å². The average Bonchev–Trinajstić information content (AvgIpc) is 3.05. The summed E-state index contributed by atoms with van der Waals surface area (Å²) in [5, 5.41) is 10.5. The Labute approximate surface area is 117 Å². The lowest BCUT2D eigenvalue weighted by molar-refractivity contribution is 0.182. The number of ether oxygens (including phenoxy) is 2. The molecule has 20 heavy (non-hydrogen) atoms. The number of hydrogen-bond donors (Lipinski definition) is 1. The largest absolute Gasteiger partial charge is 0.493 e. The van der Waals surface area contributed by atoms with Crippen LogP contribution in [0.4, 0.5) is 0 Å². The highest BCUT2D eigenvalue weighted by atomic mass is 16.5. The number of hydrogen-bond acceptors (Lipinski definition) is 4. The Kier molecular flexibility index (Phi) is 3.40. The van der Waals surface area contributed by atoms with Crippen LogP contribution in [0.25, 0.3) is 0 Å². The van der Waals surface area contributed by atoms with Crippen LogP contribution in [0.5, 0.6) is 11.5 Å². The fourth-order valence-electron chi connectivity index (χ4n) is 2.55. The molecule has 4 nitrogen and oxygen atoms in total. The molecule has 0 amide bonds. The Morgan fingerprint density at radius 1 is 1.45 bits per heavy atom. The van der Waals surface area contributed by atoms with E-state index in [9.17, 15) is 5.11 Å². The zero-order chi connectivity index (χ0) is 14.1. The first-order valence-corrected chi connectivity index (χ1v) is 6.86. The van der Waals surface area contributed by atoms with Crippen molar-refractivity contribution < 1.29 is 19.0 Å². The lowest BCUT2D eigenvalue weighted by Gasteiger charge is -2.15. The van der Waals surface area contributed by atoms with Crippen molar-refractivity contribution in [2.24, 2.45) is 0 Å². The fourth-order valence-corrected chi connectivity index (χ4v) is 2.55. The van der Waals surface area contributed by atoms with Gasteiger partial charge in [-0.25, -0.2) is 0 Å². The SMILES string of the molecule is CCOc1cc2c(cc1C(O)c1ccco1)OC(C)C2. The second-order valence-corrected chi connectivity index (χ2v) is 4.98. The summed E-state index contributed by atoms with van der Waals surface area (Å²) in [6.07, 6.45) is 1.73. The molecule has 0 spiro atoms. The maximum absolute atomic E-state index is 10.5. The highest BCUT2D eigenvalue weighted by Crippen LogP contribution is 2.39. The topological polar surface area (TPSA) is 51.8 Å². The first-order valence-electron chi connectivity index (χ1n) is 6.86. The quantitative estimate of drug-likeness (QED) is 0.931. The molecule has 1 aliphatic rings. The number of rotatable bonds is 4. The van der Waals surface area contributed by atoms with E-state index in [1.807, 2.05) is 26.0 Å². The van der Waals surface area contributed by atoms with Gasteiger partial charge in [-0.05, 0) is 38.1 Å². The third-order valence-electron chi connectivity index (χ3n) is 3.44. The second-order valence-electron chi connectivity index (χ2n) is 4.98. The molecule has 3 rings (SSSR count). The van der Waals surface area contributed by atoms with Crippen molar-refractivity contribution >= 4 is 0 Å².